The van der Waals surface area contributed by atoms with E-state index in [1.165, 1.54) is 39.3 Å². The van der Waals surface area contributed by atoms with E-state index in [-0.39, 0.29) is 0 Å². The quantitative estimate of drug-likeness (QED) is 0.608. The van der Waals surface area contributed by atoms with Crippen molar-refractivity contribution >= 4 is 6.47 Å². The highest BCUT2D eigenvalue weighted by atomic mass is 16.5. The second-order valence-electron chi connectivity index (χ2n) is 3.04. The second kappa shape index (κ2) is 8.53. The summed E-state index contributed by atoms with van der Waals surface area (Å²) in [5.74, 6) is 0. The Labute approximate surface area is 74.5 Å². The molecule has 1 saturated heterocycles. The summed E-state index contributed by atoms with van der Waals surface area (Å²) in [5, 5.41) is 3.44. The Bertz CT molecular complexity index is 98.7. The van der Waals surface area contributed by atoms with Crippen LogP contribution in [0.2, 0.25) is 0 Å². The second-order valence-corrected chi connectivity index (χ2v) is 3.04. The van der Waals surface area contributed by atoms with Crippen LogP contribution in [0.5, 0.6) is 0 Å². The Morgan fingerprint density at radius 2 is 2.08 bits per heavy atom. The molecule has 1 N–H and O–H groups in total. The molecule has 0 bridgehead atoms. The summed E-state index contributed by atoms with van der Waals surface area (Å²) >= 11 is 0. The minimum atomic E-state index is 0.375. The van der Waals surface area contributed by atoms with Gasteiger partial charge >= 0.3 is 0 Å². The summed E-state index contributed by atoms with van der Waals surface area (Å²) in [6, 6.07) is 0.775. The van der Waals surface area contributed by atoms with Crippen molar-refractivity contribution < 1.29 is 9.53 Å². The smallest absolute Gasteiger partial charge is 0.292 e. The van der Waals surface area contributed by atoms with Crippen molar-refractivity contribution in [1.29, 1.82) is 0 Å². The number of nitrogens with one attached hydrogen (secondary N) is 1. The lowest BCUT2D eigenvalue weighted by Gasteiger charge is -2.06. The number of carbonyl (C=O) groups excluding carboxylic acids is 1. The van der Waals surface area contributed by atoms with Crippen molar-refractivity contribution in [2.24, 2.45) is 0 Å². The fourth-order valence-corrected chi connectivity index (χ4v) is 1.20. The molecule has 3 heteroatoms. The number of hydrogen-bond acceptors (Lipinski definition) is 3. The normalized spacial score (nSPS) is 23.0. The van der Waals surface area contributed by atoms with Crippen LogP contribution < -0.4 is 5.32 Å². The maximum Gasteiger partial charge on any atom is 0.292 e. The van der Waals surface area contributed by atoms with Crippen LogP contribution in [0.15, 0.2) is 0 Å². The molecule has 0 aromatic rings. The summed E-state index contributed by atoms with van der Waals surface area (Å²) in [7, 11) is 1.31. The van der Waals surface area contributed by atoms with Crippen molar-refractivity contribution in [3.05, 3.63) is 0 Å². The fourth-order valence-electron chi connectivity index (χ4n) is 1.20. The number of hydrogen-bond donors (Lipinski definition) is 1. The van der Waals surface area contributed by atoms with Gasteiger partial charge < -0.3 is 10.1 Å². The number of carbonyl (C=O) groups is 1. The molecule has 0 radical (unpaired) electrons. The molecule has 0 spiro atoms. The van der Waals surface area contributed by atoms with Gasteiger partial charge in [0.2, 0.25) is 0 Å². The van der Waals surface area contributed by atoms with Crippen LogP contribution in [0.3, 0.4) is 0 Å². The summed E-state index contributed by atoms with van der Waals surface area (Å²) in [5.41, 5.74) is 0. The average Bonchev–Trinajstić information content (AvgIpc) is 2.33. The molecule has 12 heavy (non-hydrogen) atoms. The van der Waals surface area contributed by atoms with Crippen LogP contribution in [0.4, 0.5) is 0 Å². The lowest BCUT2D eigenvalue weighted by Crippen LogP contribution is -2.24. The number of methoxy groups -OCH3 is 1. The summed E-state index contributed by atoms with van der Waals surface area (Å²) < 4.78 is 3.86. The molecule has 0 aliphatic carbocycles. The highest BCUT2D eigenvalue weighted by molar-refractivity contribution is 5.36. The van der Waals surface area contributed by atoms with Gasteiger partial charge in [-0.05, 0) is 26.3 Å². The summed E-state index contributed by atoms with van der Waals surface area (Å²) in [6.45, 7) is 3.88. The van der Waals surface area contributed by atoms with Crippen molar-refractivity contribution in [3.63, 3.8) is 0 Å². The van der Waals surface area contributed by atoms with E-state index in [1.807, 2.05) is 0 Å². The molecule has 1 aliphatic rings. The molecule has 1 unspecified atom stereocenters. The fraction of sp³-hybridized carbons (Fsp3) is 0.889. The average molecular weight is 173 g/mol. The first-order valence-electron chi connectivity index (χ1n) is 4.51. The van der Waals surface area contributed by atoms with Crippen molar-refractivity contribution in [3.8, 4) is 0 Å². The topological polar surface area (TPSA) is 38.3 Å². The van der Waals surface area contributed by atoms with Crippen LogP contribution in [0.25, 0.3) is 0 Å². The first-order chi connectivity index (χ1) is 5.81. The van der Waals surface area contributed by atoms with Crippen molar-refractivity contribution in [2.75, 3.05) is 13.7 Å². The van der Waals surface area contributed by atoms with Gasteiger partial charge in [-0.25, -0.2) is 0 Å². The van der Waals surface area contributed by atoms with Gasteiger partial charge in [-0.1, -0.05) is 12.8 Å². The van der Waals surface area contributed by atoms with Gasteiger partial charge in [-0.15, -0.1) is 0 Å². The molecule has 0 amide bonds. The lowest BCUT2D eigenvalue weighted by atomic mass is 10.1. The predicted molar refractivity (Wildman–Crippen MR) is 49.0 cm³/mol. The highest BCUT2D eigenvalue weighted by Crippen LogP contribution is 2.06. The summed E-state index contributed by atoms with van der Waals surface area (Å²) in [6.07, 6.45) is 5.61. The zero-order chi connectivity index (χ0) is 9.23. The third kappa shape index (κ3) is 7.54. The van der Waals surface area contributed by atoms with Gasteiger partial charge in [-0.3, -0.25) is 4.79 Å². The molecule has 0 aromatic carbocycles. The zero-order valence-electron chi connectivity index (χ0n) is 8.01. The monoisotopic (exact) mass is 173 g/mol. The minimum absolute atomic E-state index is 0.375. The Balaban J connectivity index is 0.000000261. The first-order valence-corrected chi connectivity index (χ1v) is 4.51. The SMILES string of the molecule is CC1CCCCCN1.COC=O. The van der Waals surface area contributed by atoms with E-state index >= 15 is 0 Å². The number of rotatable bonds is 1. The highest BCUT2D eigenvalue weighted by Gasteiger charge is 2.03. The molecule has 1 heterocycles. The Kier molecular flexibility index (Phi) is 8.12. The molecule has 1 rings (SSSR count). The van der Waals surface area contributed by atoms with Gasteiger partial charge in [0.15, 0.2) is 0 Å². The van der Waals surface area contributed by atoms with Gasteiger partial charge in [0.25, 0.3) is 6.47 Å². The molecular weight excluding hydrogens is 154 g/mol. The van der Waals surface area contributed by atoms with E-state index in [2.05, 4.69) is 17.0 Å². The zero-order valence-corrected chi connectivity index (χ0v) is 8.01. The molecule has 3 nitrogen and oxygen atoms in total. The van der Waals surface area contributed by atoms with Gasteiger partial charge in [0.1, 0.15) is 0 Å². The van der Waals surface area contributed by atoms with Crippen molar-refractivity contribution in [2.45, 2.75) is 38.6 Å². The third-order valence-corrected chi connectivity index (χ3v) is 1.90. The third-order valence-electron chi connectivity index (χ3n) is 1.90. The van der Waals surface area contributed by atoms with E-state index in [1.54, 1.807) is 0 Å². The molecule has 1 aliphatic heterocycles. The Morgan fingerprint density at radius 1 is 1.42 bits per heavy atom. The van der Waals surface area contributed by atoms with E-state index in [0.29, 0.717) is 6.47 Å². The van der Waals surface area contributed by atoms with E-state index < -0.39 is 0 Å². The minimum Gasteiger partial charge on any atom is -0.471 e. The van der Waals surface area contributed by atoms with E-state index in [4.69, 9.17) is 4.79 Å². The number of ether oxygens (including phenoxy) is 1. The lowest BCUT2D eigenvalue weighted by molar-refractivity contribution is -0.126. The van der Waals surface area contributed by atoms with Crippen LogP contribution in [-0.2, 0) is 9.53 Å². The largest absolute Gasteiger partial charge is 0.471 e. The molecule has 1 fully saturated rings. The van der Waals surface area contributed by atoms with E-state index in [9.17, 15) is 0 Å². The van der Waals surface area contributed by atoms with E-state index in [0.717, 1.165) is 6.04 Å². The molecule has 72 valence electrons. The molecule has 0 saturated carbocycles. The maximum atomic E-state index is 8.95. The van der Waals surface area contributed by atoms with Gasteiger partial charge in [-0.2, -0.15) is 0 Å². The van der Waals surface area contributed by atoms with Gasteiger partial charge in [0, 0.05) is 6.04 Å². The van der Waals surface area contributed by atoms with Crippen LogP contribution in [-0.4, -0.2) is 26.2 Å². The molecular formula is C9H19NO2. The van der Waals surface area contributed by atoms with Gasteiger partial charge in [0.05, 0.1) is 7.11 Å². The van der Waals surface area contributed by atoms with Crippen molar-refractivity contribution in [1.82, 2.24) is 5.32 Å². The maximum absolute atomic E-state index is 8.95. The Hall–Kier alpha value is -0.570. The first kappa shape index (κ1) is 11.4. The molecule has 1 atom stereocenters. The summed E-state index contributed by atoms with van der Waals surface area (Å²) in [4.78, 5) is 8.95. The van der Waals surface area contributed by atoms with Crippen LogP contribution in [0, 0.1) is 0 Å². The van der Waals surface area contributed by atoms with Crippen LogP contribution in [0.1, 0.15) is 32.6 Å². The standard InChI is InChI=1S/C7H15N.C2H4O2/c1-7-5-3-2-4-6-8-7;1-4-2-3/h7-8H,2-6H2,1H3;2H,1H3. The van der Waals surface area contributed by atoms with Crippen LogP contribution >= 0.6 is 0 Å². The Morgan fingerprint density at radius 3 is 2.67 bits per heavy atom. The molecule has 0 aromatic heterocycles. The predicted octanol–water partition coefficient (Wildman–Crippen LogP) is 1.33.